The Morgan fingerprint density at radius 2 is 1.62 bits per heavy atom. The summed E-state index contributed by atoms with van der Waals surface area (Å²) >= 11 is 0. The van der Waals surface area contributed by atoms with E-state index in [1.165, 1.54) is 17.7 Å². The van der Waals surface area contributed by atoms with E-state index in [9.17, 15) is 18.7 Å². The molecule has 2 aromatic rings. The highest BCUT2D eigenvalue weighted by Crippen LogP contribution is 2.39. The Hall–Kier alpha value is -2.73. The molecule has 0 bridgehead atoms. The Balaban J connectivity index is 1.56. The van der Waals surface area contributed by atoms with Crippen molar-refractivity contribution in [2.45, 2.75) is 44.4 Å². The largest absolute Gasteiger partial charge is 0.356 e. The van der Waals surface area contributed by atoms with Gasteiger partial charge in [0.15, 0.2) is 0 Å². The first-order valence-electron chi connectivity index (χ1n) is 9.98. The zero-order valence-electron chi connectivity index (χ0n) is 16.0. The zero-order chi connectivity index (χ0) is 20.4. The van der Waals surface area contributed by atoms with Crippen LogP contribution >= 0.6 is 0 Å². The molecule has 29 heavy (non-hydrogen) atoms. The number of hydrogen-bond donors (Lipinski definition) is 3. The standard InChI is InChI=1S/C23H24F2N2O2/c24-18-11-10-17(20(25)13-18)12-19-21(26-23(29)27-22(19)28)16-8-6-15(7-9-16)14-4-2-1-3-5-14/h1-5,10-11,13,15-16,23,26,29H,6-9,12H2,(H,27,28)/t15-,16-,23?. The molecule has 0 radical (unpaired) electrons. The number of carbonyl (C=O) groups is 1. The minimum atomic E-state index is -1.16. The summed E-state index contributed by atoms with van der Waals surface area (Å²) in [7, 11) is 0. The molecule has 2 aromatic carbocycles. The van der Waals surface area contributed by atoms with Gasteiger partial charge in [0.05, 0.1) is 0 Å². The van der Waals surface area contributed by atoms with Crippen LogP contribution in [0, 0.1) is 17.6 Å². The van der Waals surface area contributed by atoms with Gasteiger partial charge in [-0.2, -0.15) is 0 Å². The Morgan fingerprint density at radius 3 is 2.31 bits per heavy atom. The molecule has 3 N–H and O–H groups in total. The number of aliphatic hydroxyl groups is 1. The zero-order valence-corrected chi connectivity index (χ0v) is 16.0. The summed E-state index contributed by atoms with van der Waals surface area (Å²) in [6.07, 6.45) is 2.59. The third-order valence-corrected chi connectivity index (χ3v) is 5.95. The molecule has 0 saturated heterocycles. The smallest absolute Gasteiger partial charge is 0.252 e. The second-order valence-electron chi connectivity index (χ2n) is 7.78. The quantitative estimate of drug-likeness (QED) is 0.736. The van der Waals surface area contributed by atoms with Gasteiger partial charge in [0.2, 0.25) is 6.35 Å². The van der Waals surface area contributed by atoms with Gasteiger partial charge in [0.25, 0.3) is 5.91 Å². The van der Waals surface area contributed by atoms with Gasteiger partial charge in [-0.1, -0.05) is 36.4 Å². The predicted octanol–water partition coefficient (Wildman–Crippen LogP) is 3.73. The van der Waals surface area contributed by atoms with Crippen LogP contribution in [0.1, 0.15) is 42.7 Å². The molecule has 4 nitrogen and oxygen atoms in total. The van der Waals surface area contributed by atoms with Crippen molar-refractivity contribution in [2.24, 2.45) is 5.92 Å². The summed E-state index contributed by atoms with van der Waals surface area (Å²) in [6.45, 7) is 0. The number of carbonyl (C=O) groups excluding carboxylic acids is 1. The highest BCUT2D eigenvalue weighted by molar-refractivity contribution is 5.95. The van der Waals surface area contributed by atoms with E-state index in [0.29, 0.717) is 17.2 Å². The van der Waals surface area contributed by atoms with E-state index in [2.05, 4.69) is 22.8 Å². The van der Waals surface area contributed by atoms with Crippen molar-refractivity contribution in [3.05, 3.63) is 82.6 Å². The minimum Gasteiger partial charge on any atom is -0.356 e. The Kier molecular flexibility index (Phi) is 5.62. The molecule has 1 aliphatic carbocycles. The number of halogens is 2. The van der Waals surface area contributed by atoms with Gasteiger partial charge in [-0.3, -0.25) is 4.79 Å². The summed E-state index contributed by atoms with van der Waals surface area (Å²) in [4.78, 5) is 12.6. The van der Waals surface area contributed by atoms with Gasteiger partial charge in [-0.05, 0) is 54.7 Å². The molecule has 6 heteroatoms. The second kappa shape index (κ2) is 8.33. The molecular formula is C23H24F2N2O2. The fraction of sp³-hybridized carbons (Fsp3) is 0.348. The molecule has 1 fully saturated rings. The lowest BCUT2D eigenvalue weighted by Crippen LogP contribution is -2.52. The van der Waals surface area contributed by atoms with Crippen LogP contribution in [0.15, 0.2) is 59.8 Å². The van der Waals surface area contributed by atoms with Crippen molar-refractivity contribution in [1.82, 2.24) is 10.6 Å². The van der Waals surface area contributed by atoms with Crippen LogP contribution in [0.4, 0.5) is 8.78 Å². The summed E-state index contributed by atoms with van der Waals surface area (Å²) < 4.78 is 27.4. The van der Waals surface area contributed by atoms with E-state index in [-0.39, 0.29) is 17.9 Å². The maximum absolute atomic E-state index is 14.2. The van der Waals surface area contributed by atoms with Crippen LogP contribution in [-0.4, -0.2) is 17.4 Å². The third kappa shape index (κ3) is 4.32. The van der Waals surface area contributed by atoms with Gasteiger partial charge >= 0.3 is 0 Å². The van der Waals surface area contributed by atoms with Gasteiger partial charge in [0.1, 0.15) is 11.6 Å². The number of nitrogens with one attached hydrogen (secondary N) is 2. The Bertz CT molecular complexity index is 922. The van der Waals surface area contributed by atoms with Crippen LogP contribution in [0.2, 0.25) is 0 Å². The van der Waals surface area contributed by atoms with Crippen molar-refractivity contribution < 1.29 is 18.7 Å². The predicted molar refractivity (Wildman–Crippen MR) is 106 cm³/mol. The van der Waals surface area contributed by atoms with E-state index in [0.717, 1.165) is 31.7 Å². The number of rotatable bonds is 4. The third-order valence-electron chi connectivity index (χ3n) is 5.95. The average molecular weight is 398 g/mol. The fourth-order valence-corrected chi connectivity index (χ4v) is 4.44. The minimum absolute atomic E-state index is 0.0472. The van der Waals surface area contributed by atoms with Crippen molar-refractivity contribution >= 4 is 5.91 Å². The molecule has 1 amide bonds. The molecule has 0 aromatic heterocycles. The van der Waals surface area contributed by atoms with Crippen molar-refractivity contribution in [2.75, 3.05) is 0 Å². The van der Waals surface area contributed by atoms with E-state index < -0.39 is 23.9 Å². The second-order valence-corrected chi connectivity index (χ2v) is 7.78. The van der Waals surface area contributed by atoms with E-state index in [1.807, 2.05) is 18.2 Å². The van der Waals surface area contributed by atoms with E-state index >= 15 is 0 Å². The summed E-state index contributed by atoms with van der Waals surface area (Å²) in [6, 6.07) is 13.8. The molecule has 4 rings (SSSR count). The maximum atomic E-state index is 14.2. The monoisotopic (exact) mass is 398 g/mol. The SMILES string of the molecule is O=C1NC(O)NC([C@H]2CC[C@H](c3ccccc3)CC2)=C1Cc1ccc(F)cc1F. The summed E-state index contributed by atoms with van der Waals surface area (Å²) in [5.41, 5.74) is 2.66. The van der Waals surface area contributed by atoms with E-state index in [4.69, 9.17) is 0 Å². The Morgan fingerprint density at radius 1 is 0.931 bits per heavy atom. The van der Waals surface area contributed by atoms with Crippen LogP contribution in [0.25, 0.3) is 0 Å². The van der Waals surface area contributed by atoms with Crippen LogP contribution in [0.3, 0.4) is 0 Å². The first-order chi connectivity index (χ1) is 14.0. The summed E-state index contributed by atoms with van der Waals surface area (Å²) in [5, 5.41) is 15.4. The molecule has 1 heterocycles. The number of amides is 1. The lowest BCUT2D eigenvalue weighted by molar-refractivity contribution is -0.122. The average Bonchev–Trinajstić information content (AvgIpc) is 2.72. The topological polar surface area (TPSA) is 61.4 Å². The van der Waals surface area contributed by atoms with Gasteiger partial charge in [0, 0.05) is 23.8 Å². The highest BCUT2D eigenvalue weighted by Gasteiger charge is 2.33. The van der Waals surface area contributed by atoms with Crippen LogP contribution in [0.5, 0.6) is 0 Å². The van der Waals surface area contributed by atoms with Gasteiger partial charge in [-0.25, -0.2) is 8.78 Å². The first kappa shape index (κ1) is 19.6. The molecule has 152 valence electrons. The molecule has 1 saturated carbocycles. The molecule has 0 spiro atoms. The Labute approximate surface area is 168 Å². The normalized spacial score (nSPS) is 24.8. The van der Waals surface area contributed by atoms with Crippen molar-refractivity contribution in [3.8, 4) is 0 Å². The van der Waals surface area contributed by atoms with Crippen LogP contribution in [-0.2, 0) is 11.2 Å². The molecular weight excluding hydrogens is 374 g/mol. The van der Waals surface area contributed by atoms with Crippen LogP contribution < -0.4 is 10.6 Å². The molecule has 1 atom stereocenters. The van der Waals surface area contributed by atoms with Gasteiger partial charge < -0.3 is 15.7 Å². The van der Waals surface area contributed by atoms with Gasteiger partial charge in [-0.15, -0.1) is 0 Å². The summed E-state index contributed by atoms with van der Waals surface area (Å²) in [5.74, 6) is -1.17. The molecule has 1 aliphatic heterocycles. The molecule has 2 aliphatic rings. The number of aliphatic hydroxyl groups excluding tert-OH is 1. The highest BCUT2D eigenvalue weighted by atomic mass is 19.1. The lowest BCUT2D eigenvalue weighted by atomic mass is 9.76. The number of allylic oxidation sites excluding steroid dienone is 1. The fourth-order valence-electron chi connectivity index (χ4n) is 4.44. The lowest BCUT2D eigenvalue weighted by Gasteiger charge is -2.35. The van der Waals surface area contributed by atoms with Crippen molar-refractivity contribution in [3.63, 3.8) is 0 Å². The maximum Gasteiger partial charge on any atom is 0.252 e. The number of hydrogen-bond acceptors (Lipinski definition) is 3. The first-order valence-corrected chi connectivity index (χ1v) is 9.98. The van der Waals surface area contributed by atoms with E-state index in [1.54, 1.807) is 0 Å². The molecule has 1 unspecified atom stereocenters. The number of benzene rings is 2. The van der Waals surface area contributed by atoms with Crippen molar-refractivity contribution in [1.29, 1.82) is 0 Å².